The van der Waals surface area contributed by atoms with Crippen LogP contribution in [0.3, 0.4) is 0 Å². The number of aromatic nitrogens is 3. The normalized spacial score (nSPS) is 10.1. The van der Waals surface area contributed by atoms with E-state index in [0.717, 1.165) is 5.56 Å². The van der Waals surface area contributed by atoms with Crippen molar-refractivity contribution in [3.63, 3.8) is 0 Å². The first-order valence-corrected chi connectivity index (χ1v) is 4.75. The molecule has 4 nitrogen and oxygen atoms in total. The first kappa shape index (κ1) is 9.08. The van der Waals surface area contributed by atoms with Crippen molar-refractivity contribution in [1.82, 2.24) is 15.0 Å². The first-order valence-electron chi connectivity index (χ1n) is 3.96. The minimum Gasteiger partial charge on any atom is -0.383 e. The lowest BCUT2D eigenvalue weighted by atomic mass is 10.3. The number of hydrogen-bond donors (Lipinski definition) is 1. The molecule has 2 N–H and O–H groups in total. The van der Waals surface area contributed by atoms with Crippen LogP contribution >= 0.6 is 15.9 Å². The zero-order valence-corrected chi connectivity index (χ0v) is 8.77. The van der Waals surface area contributed by atoms with Crippen LogP contribution in [0.2, 0.25) is 0 Å². The Morgan fingerprint density at radius 3 is 2.79 bits per heavy atom. The summed E-state index contributed by atoms with van der Waals surface area (Å²) < 4.78 is 0.699. The Balaban J connectivity index is 2.48. The lowest BCUT2D eigenvalue weighted by Crippen LogP contribution is -1.96. The van der Waals surface area contributed by atoms with E-state index in [4.69, 9.17) is 5.73 Å². The molecule has 2 rings (SSSR count). The monoisotopic (exact) mass is 250 g/mol. The van der Waals surface area contributed by atoms with E-state index >= 15 is 0 Å². The maximum atomic E-state index is 5.64. The summed E-state index contributed by atoms with van der Waals surface area (Å²) in [5, 5.41) is 0. The molecule has 0 aliphatic heterocycles. The molecule has 0 saturated heterocycles. The van der Waals surface area contributed by atoms with Gasteiger partial charge in [-0.25, -0.2) is 9.97 Å². The molecule has 5 heteroatoms. The highest BCUT2D eigenvalue weighted by Gasteiger charge is 2.03. The number of hydrogen-bond acceptors (Lipinski definition) is 4. The third-order valence-corrected chi connectivity index (χ3v) is 2.30. The van der Waals surface area contributed by atoms with Crippen molar-refractivity contribution in [3.8, 4) is 11.4 Å². The van der Waals surface area contributed by atoms with Crippen LogP contribution in [-0.2, 0) is 0 Å². The summed E-state index contributed by atoms with van der Waals surface area (Å²) in [6.45, 7) is 0. The molecule has 0 aliphatic rings. The van der Waals surface area contributed by atoms with Crippen LogP contribution < -0.4 is 5.73 Å². The molecule has 2 aromatic rings. The molecule has 0 bridgehead atoms. The smallest absolute Gasteiger partial charge is 0.163 e. The minimum absolute atomic E-state index is 0.429. The number of pyridine rings is 1. The molecule has 0 spiro atoms. The molecule has 14 heavy (non-hydrogen) atoms. The molecule has 0 saturated carbocycles. The van der Waals surface area contributed by atoms with Gasteiger partial charge in [0.1, 0.15) is 5.82 Å². The first-order chi connectivity index (χ1) is 6.77. The van der Waals surface area contributed by atoms with Gasteiger partial charge in [0.25, 0.3) is 0 Å². The molecule has 0 fully saturated rings. The van der Waals surface area contributed by atoms with E-state index in [1.807, 2.05) is 12.1 Å². The average molecular weight is 251 g/mol. The highest BCUT2D eigenvalue weighted by molar-refractivity contribution is 9.10. The van der Waals surface area contributed by atoms with E-state index in [9.17, 15) is 0 Å². The quantitative estimate of drug-likeness (QED) is 0.840. The Morgan fingerprint density at radius 1 is 1.29 bits per heavy atom. The average Bonchev–Trinajstić information content (AvgIpc) is 2.23. The van der Waals surface area contributed by atoms with E-state index in [1.165, 1.54) is 0 Å². The van der Waals surface area contributed by atoms with Crippen molar-refractivity contribution >= 4 is 21.7 Å². The number of rotatable bonds is 1. The van der Waals surface area contributed by atoms with Gasteiger partial charge in [0.2, 0.25) is 0 Å². The summed E-state index contributed by atoms with van der Waals surface area (Å²) in [7, 11) is 0. The van der Waals surface area contributed by atoms with Gasteiger partial charge in [0.05, 0.1) is 4.47 Å². The second kappa shape index (κ2) is 3.71. The van der Waals surface area contributed by atoms with Gasteiger partial charge in [-0.3, -0.25) is 4.98 Å². The van der Waals surface area contributed by atoms with Gasteiger partial charge in [-0.15, -0.1) is 0 Å². The van der Waals surface area contributed by atoms with Crippen molar-refractivity contribution in [2.45, 2.75) is 0 Å². The lowest BCUT2D eigenvalue weighted by Gasteiger charge is -2.01. The van der Waals surface area contributed by atoms with Crippen molar-refractivity contribution in [2.24, 2.45) is 0 Å². The highest BCUT2D eigenvalue weighted by Crippen LogP contribution is 2.19. The fraction of sp³-hybridized carbons (Fsp3) is 0. The summed E-state index contributed by atoms with van der Waals surface area (Å²) in [5.74, 6) is 1.01. The second-order valence-electron chi connectivity index (χ2n) is 2.67. The Labute approximate surface area is 89.4 Å². The molecule has 0 amide bonds. The van der Waals surface area contributed by atoms with Crippen molar-refractivity contribution in [3.05, 3.63) is 35.2 Å². The Morgan fingerprint density at radius 2 is 2.14 bits per heavy atom. The van der Waals surface area contributed by atoms with E-state index in [0.29, 0.717) is 16.1 Å². The maximum Gasteiger partial charge on any atom is 0.163 e. The SMILES string of the molecule is Nc1nc(-c2cccnc2)ncc1Br. The number of nitrogen functional groups attached to an aromatic ring is 1. The number of nitrogens with two attached hydrogens (primary N) is 1. The topological polar surface area (TPSA) is 64.7 Å². The predicted molar refractivity (Wildman–Crippen MR) is 57.4 cm³/mol. The van der Waals surface area contributed by atoms with Gasteiger partial charge in [-0.2, -0.15) is 0 Å². The van der Waals surface area contributed by atoms with E-state index in [-0.39, 0.29) is 0 Å². The van der Waals surface area contributed by atoms with Crippen LogP contribution in [0.15, 0.2) is 35.2 Å². The second-order valence-corrected chi connectivity index (χ2v) is 3.52. The van der Waals surface area contributed by atoms with Crippen molar-refractivity contribution in [1.29, 1.82) is 0 Å². The van der Waals surface area contributed by atoms with E-state index in [2.05, 4.69) is 30.9 Å². The molecule has 0 unspecified atom stereocenters. The summed E-state index contributed by atoms with van der Waals surface area (Å²) in [6, 6.07) is 3.71. The summed E-state index contributed by atoms with van der Waals surface area (Å²) in [6.07, 6.45) is 5.03. The fourth-order valence-electron chi connectivity index (χ4n) is 1.01. The molecule has 2 heterocycles. The number of anilines is 1. The predicted octanol–water partition coefficient (Wildman–Crippen LogP) is 1.88. The van der Waals surface area contributed by atoms with Gasteiger partial charge in [0.15, 0.2) is 5.82 Å². The van der Waals surface area contributed by atoms with E-state index in [1.54, 1.807) is 18.6 Å². The van der Waals surface area contributed by atoms with Crippen LogP contribution in [0.5, 0.6) is 0 Å². The number of halogens is 1. The van der Waals surface area contributed by atoms with Crippen molar-refractivity contribution in [2.75, 3.05) is 5.73 Å². The van der Waals surface area contributed by atoms with E-state index < -0.39 is 0 Å². The largest absolute Gasteiger partial charge is 0.383 e. The van der Waals surface area contributed by atoms with Crippen LogP contribution in [0, 0.1) is 0 Å². The molecular formula is C9H7BrN4. The Bertz CT molecular complexity index is 444. The van der Waals surface area contributed by atoms with Crippen LogP contribution in [-0.4, -0.2) is 15.0 Å². The maximum absolute atomic E-state index is 5.64. The standard InChI is InChI=1S/C9H7BrN4/c10-7-5-13-9(14-8(7)11)6-2-1-3-12-4-6/h1-5H,(H2,11,13,14). The summed E-state index contributed by atoms with van der Waals surface area (Å²) in [5.41, 5.74) is 6.49. The molecule has 0 aliphatic carbocycles. The molecule has 0 aromatic carbocycles. The van der Waals surface area contributed by atoms with Gasteiger partial charge in [-0.05, 0) is 28.1 Å². The molecular weight excluding hydrogens is 244 g/mol. The minimum atomic E-state index is 0.429. The number of nitrogens with zero attached hydrogens (tertiary/aromatic N) is 3. The zero-order chi connectivity index (χ0) is 9.97. The fourth-order valence-corrected chi connectivity index (χ4v) is 1.21. The van der Waals surface area contributed by atoms with Gasteiger partial charge < -0.3 is 5.73 Å². The lowest BCUT2D eigenvalue weighted by molar-refractivity contribution is 1.16. The van der Waals surface area contributed by atoms with Crippen molar-refractivity contribution < 1.29 is 0 Å². The van der Waals surface area contributed by atoms with Gasteiger partial charge in [-0.1, -0.05) is 0 Å². The van der Waals surface area contributed by atoms with Crippen LogP contribution in [0.1, 0.15) is 0 Å². The van der Waals surface area contributed by atoms with Gasteiger partial charge >= 0.3 is 0 Å². The molecule has 70 valence electrons. The zero-order valence-electron chi connectivity index (χ0n) is 7.18. The third kappa shape index (κ3) is 1.72. The Hall–Kier alpha value is -1.49. The Kier molecular flexibility index (Phi) is 2.41. The molecule has 0 radical (unpaired) electrons. The van der Waals surface area contributed by atoms with Gasteiger partial charge in [0, 0.05) is 24.2 Å². The molecule has 0 atom stereocenters. The summed E-state index contributed by atoms with van der Waals surface area (Å²) in [4.78, 5) is 12.2. The van der Waals surface area contributed by atoms with Crippen LogP contribution in [0.25, 0.3) is 11.4 Å². The third-order valence-electron chi connectivity index (χ3n) is 1.69. The molecule has 2 aromatic heterocycles. The summed E-state index contributed by atoms with van der Waals surface area (Å²) >= 11 is 3.24. The highest BCUT2D eigenvalue weighted by atomic mass is 79.9. The van der Waals surface area contributed by atoms with Crippen LogP contribution in [0.4, 0.5) is 5.82 Å².